The van der Waals surface area contributed by atoms with Crippen molar-refractivity contribution in [2.75, 3.05) is 5.32 Å². The molecule has 9 heteroatoms. The minimum Gasteiger partial charge on any atom is -0.508 e. The highest BCUT2D eigenvalue weighted by Crippen LogP contribution is 2.32. The zero-order valence-corrected chi connectivity index (χ0v) is 17.5. The Balaban J connectivity index is 1.39. The van der Waals surface area contributed by atoms with Gasteiger partial charge in [0.2, 0.25) is 5.91 Å². The predicted molar refractivity (Wildman–Crippen MR) is 115 cm³/mol. The highest BCUT2D eigenvalue weighted by Gasteiger charge is 2.11. The topological polar surface area (TPSA) is 88.0 Å². The molecular formula is C19H13BrN4O2S2. The summed E-state index contributed by atoms with van der Waals surface area (Å²) in [6.45, 7) is 0. The van der Waals surface area contributed by atoms with Gasteiger partial charge >= 0.3 is 0 Å². The van der Waals surface area contributed by atoms with Crippen LogP contribution in [0, 0.1) is 0 Å². The highest BCUT2D eigenvalue weighted by molar-refractivity contribution is 9.10. The largest absolute Gasteiger partial charge is 0.508 e. The second kappa shape index (κ2) is 8.17. The van der Waals surface area contributed by atoms with Crippen LogP contribution in [0.2, 0.25) is 0 Å². The summed E-state index contributed by atoms with van der Waals surface area (Å²) in [6.07, 6.45) is 3.26. The fourth-order valence-corrected chi connectivity index (χ4v) is 4.81. The van der Waals surface area contributed by atoms with Gasteiger partial charge in [0.1, 0.15) is 10.8 Å². The molecule has 0 radical (unpaired) electrons. The molecule has 1 amide bonds. The summed E-state index contributed by atoms with van der Waals surface area (Å²) in [5.74, 6) is 0.439. The van der Waals surface area contributed by atoms with Gasteiger partial charge < -0.3 is 10.4 Å². The molecule has 4 aromatic rings. The zero-order chi connectivity index (χ0) is 19.5. The van der Waals surface area contributed by atoms with Crippen molar-refractivity contribution in [3.63, 3.8) is 0 Å². The van der Waals surface area contributed by atoms with Crippen LogP contribution < -0.4 is 5.32 Å². The lowest BCUT2D eigenvalue weighted by atomic mass is 10.2. The molecule has 140 valence electrons. The number of carbonyl (C=O) groups excluding carboxylic acids is 1. The molecule has 6 nitrogen and oxygen atoms in total. The maximum Gasteiger partial charge on any atom is 0.230 e. The van der Waals surface area contributed by atoms with E-state index in [1.165, 1.54) is 11.3 Å². The Morgan fingerprint density at radius 3 is 2.68 bits per heavy atom. The maximum absolute atomic E-state index is 12.3. The van der Waals surface area contributed by atoms with Gasteiger partial charge in [-0.15, -0.1) is 22.7 Å². The van der Waals surface area contributed by atoms with Crippen molar-refractivity contribution in [3.05, 3.63) is 63.7 Å². The molecule has 0 aliphatic rings. The van der Waals surface area contributed by atoms with E-state index >= 15 is 0 Å². The number of hydrogen-bond donors (Lipinski definition) is 2. The first-order valence-electron chi connectivity index (χ1n) is 8.17. The smallest absolute Gasteiger partial charge is 0.230 e. The van der Waals surface area contributed by atoms with Gasteiger partial charge in [-0.25, -0.2) is 15.0 Å². The number of nitrogens with one attached hydrogen (secondary N) is 1. The molecule has 2 N–H and O–H groups in total. The number of nitrogens with zero attached hydrogens (tertiary/aromatic N) is 3. The number of thiophene rings is 1. The summed E-state index contributed by atoms with van der Waals surface area (Å²) in [5, 5.41) is 17.1. The quantitative estimate of drug-likeness (QED) is 0.427. The first-order valence-corrected chi connectivity index (χ1v) is 10.7. The normalized spacial score (nSPS) is 10.8. The molecule has 3 aromatic heterocycles. The summed E-state index contributed by atoms with van der Waals surface area (Å²) in [6, 6.07) is 8.71. The number of benzene rings is 1. The van der Waals surface area contributed by atoms with Crippen molar-refractivity contribution in [1.82, 2.24) is 15.0 Å². The third-order valence-electron chi connectivity index (χ3n) is 3.71. The third kappa shape index (κ3) is 4.44. The van der Waals surface area contributed by atoms with Gasteiger partial charge in [0, 0.05) is 20.8 Å². The molecule has 0 saturated carbocycles. The van der Waals surface area contributed by atoms with Crippen LogP contribution in [0.15, 0.2) is 58.0 Å². The van der Waals surface area contributed by atoms with Crippen LogP contribution in [-0.4, -0.2) is 26.0 Å². The number of phenols is 1. The number of rotatable bonds is 5. The molecule has 28 heavy (non-hydrogen) atoms. The van der Waals surface area contributed by atoms with Crippen LogP contribution in [0.4, 0.5) is 5.69 Å². The lowest BCUT2D eigenvalue weighted by molar-refractivity contribution is -0.115. The number of phenolic OH excluding ortho intramolecular Hbond substituents is 1. The third-order valence-corrected chi connectivity index (χ3v) is 6.46. The van der Waals surface area contributed by atoms with Crippen LogP contribution in [0.25, 0.3) is 21.3 Å². The number of amides is 1. The molecule has 0 aliphatic carbocycles. The summed E-state index contributed by atoms with van der Waals surface area (Å²) < 4.78 is 1.02. The van der Waals surface area contributed by atoms with E-state index in [0.717, 1.165) is 20.1 Å². The van der Waals surface area contributed by atoms with Gasteiger partial charge in [-0.3, -0.25) is 4.79 Å². The van der Waals surface area contributed by atoms with Gasteiger partial charge in [0.25, 0.3) is 0 Å². The van der Waals surface area contributed by atoms with E-state index in [2.05, 4.69) is 36.2 Å². The van der Waals surface area contributed by atoms with Crippen molar-refractivity contribution >= 4 is 50.2 Å². The number of anilines is 1. The standard InChI is InChI=1S/C19H13BrN4O2S2/c20-12-5-16(27-9-12)19-24-13(10-28-19)6-17(26)23-14-7-21-18(22-8-14)11-2-1-3-15(25)4-11/h1-5,7-10,25H,6H2,(H,23,26). The summed E-state index contributed by atoms with van der Waals surface area (Å²) in [5.41, 5.74) is 1.93. The fraction of sp³-hybridized carbons (Fsp3) is 0.0526. The lowest BCUT2D eigenvalue weighted by Crippen LogP contribution is -2.15. The lowest BCUT2D eigenvalue weighted by Gasteiger charge is -2.05. The molecule has 0 fully saturated rings. The first-order chi connectivity index (χ1) is 13.6. The molecular weight excluding hydrogens is 460 g/mol. The molecule has 3 heterocycles. The Kier molecular flexibility index (Phi) is 5.47. The van der Waals surface area contributed by atoms with E-state index in [4.69, 9.17) is 0 Å². The molecule has 0 atom stereocenters. The number of carbonyl (C=O) groups is 1. The van der Waals surface area contributed by atoms with Crippen molar-refractivity contribution in [2.45, 2.75) is 6.42 Å². The monoisotopic (exact) mass is 472 g/mol. The minimum absolute atomic E-state index is 0.149. The Bertz CT molecular complexity index is 1120. The van der Waals surface area contributed by atoms with E-state index in [-0.39, 0.29) is 18.1 Å². The summed E-state index contributed by atoms with van der Waals surface area (Å²) in [4.78, 5) is 26.4. The van der Waals surface area contributed by atoms with Crippen LogP contribution >= 0.6 is 38.6 Å². The molecule has 0 saturated heterocycles. The van der Waals surface area contributed by atoms with E-state index in [0.29, 0.717) is 17.1 Å². The van der Waals surface area contributed by atoms with Crippen LogP contribution in [0.5, 0.6) is 5.75 Å². The molecule has 0 unspecified atom stereocenters. The predicted octanol–water partition coefficient (Wildman–Crippen LogP) is 4.98. The zero-order valence-electron chi connectivity index (χ0n) is 14.3. The average molecular weight is 473 g/mol. The van der Waals surface area contributed by atoms with E-state index in [1.54, 1.807) is 48.0 Å². The van der Waals surface area contributed by atoms with Gasteiger partial charge in [-0.2, -0.15) is 0 Å². The van der Waals surface area contributed by atoms with E-state index < -0.39 is 0 Å². The second-order valence-electron chi connectivity index (χ2n) is 5.84. The van der Waals surface area contributed by atoms with Gasteiger partial charge in [-0.1, -0.05) is 12.1 Å². The number of halogens is 1. The second-order valence-corrected chi connectivity index (χ2v) is 8.53. The number of thiazole rings is 1. The highest BCUT2D eigenvalue weighted by atomic mass is 79.9. The Morgan fingerprint density at radius 2 is 1.96 bits per heavy atom. The minimum atomic E-state index is -0.182. The van der Waals surface area contributed by atoms with Gasteiger partial charge in [0.05, 0.1) is 35.1 Å². The molecule has 4 rings (SSSR count). The molecule has 0 bridgehead atoms. The van der Waals surface area contributed by atoms with Crippen LogP contribution in [0.3, 0.4) is 0 Å². The molecule has 0 spiro atoms. The van der Waals surface area contributed by atoms with E-state index in [1.807, 2.05) is 16.8 Å². The summed E-state index contributed by atoms with van der Waals surface area (Å²) in [7, 11) is 0. The van der Waals surface area contributed by atoms with Crippen molar-refractivity contribution < 1.29 is 9.90 Å². The Hall–Kier alpha value is -2.62. The molecule has 0 aliphatic heterocycles. The maximum atomic E-state index is 12.3. The number of aromatic nitrogens is 3. The number of aromatic hydroxyl groups is 1. The molecule has 1 aromatic carbocycles. The SMILES string of the molecule is O=C(Cc1csc(-c2cc(Br)cs2)n1)Nc1cnc(-c2cccc(O)c2)nc1. The summed E-state index contributed by atoms with van der Waals surface area (Å²) >= 11 is 6.56. The van der Waals surface area contributed by atoms with Crippen molar-refractivity contribution in [1.29, 1.82) is 0 Å². The fourth-order valence-electron chi connectivity index (χ4n) is 2.48. The first kappa shape index (κ1) is 18.7. The van der Waals surface area contributed by atoms with Gasteiger partial charge in [0.15, 0.2) is 5.82 Å². The Labute approximate surface area is 177 Å². The van der Waals surface area contributed by atoms with Crippen molar-refractivity contribution in [3.8, 4) is 27.0 Å². The Morgan fingerprint density at radius 1 is 1.14 bits per heavy atom. The number of hydrogen-bond acceptors (Lipinski definition) is 7. The average Bonchev–Trinajstić information content (AvgIpc) is 3.31. The van der Waals surface area contributed by atoms with E-state index in [9.17, 15) is 9.90 Å². The van der Waals surface area contributed by atoms with Crippen molar-refractivity contribution in [2.24, 2.45) is 0 Å². The van der Waals surface area contributed by atoms with Gasteiger partial charge in [-0.05, 0) is 34.1 Å². The van der Waals surface area contributed by atoms with Crippen LogP contribution in [-0.2, 0) is 11.2 Å². The van der Waals surface area contributed by atoms with Crippen LogP contribution in [0.1, 0.15) is 5.69 Å².